The molecule has 2 N–H and O–H groups in total. The van der Waals surface area contributed by atoms with Crippen molar-refractivity contribution in [3.05, 3.63) is 35.9 Å². The Morgan fingerprint density at radius 2 is 2.00 bits per heavy atom. The van der Waals surface area contributed by atoms with Gasteiger partial charge >= 0.3 is 0 Å². The fourth-order valence-corrected chi connectivity index (χ4v) is 4.37. The lowest BCUT2D eigenvalue weighted by molar-refractivity contribution is 0.188. The van der Waals surface area contributed by atoms with Gasteiger partial charge in [-0.25, -0.2) is 12.7 Å². The minimum atomic E-state index is -3.26. The Morgan fingerprint density at radius 1 is 1.24 bits per heavy atom. The second-order valence-electron chi connectivity index (χ2n) is 5.43. The molecule has 0 spiro atoms. The maximum atomic E-state index is 12.5. The van der Waals surface area contributed by atoms with Gasteiger partial charge < -0.3 is 10.5 Å². The molecule has 118 valence electrons. The van der Waals surface area contributed by atoms with Gasteiger partial charge in [0.05, 0.1) is 12.4 Å². The van der Waals surface area contributed by atoms with Crippen LogP contribution in [0.25, 0.3) is 0 Å². The number of rotatable bonds is 8. The van der Waals surface area contributed by atoms with Crippen molar-refractivity contribution < 1.29 is 13.2 Å². The van der Waals surface area contributed by atoms with Crippen LogP contribution in [0.3, 0.4) is 0 Å². The van der Waals surface area contributed by atoms with E-state index in [0.29, 0.717) is 39.3 Å². The van der Waals surface area contributed by atoms with E-state index in [9.17, 15) is 8.42 Å². The molecule has 1 aromatic rings. The fourth-order valence-electron chi connectivity index (χ4n) is 2.55. The monoisotopic (exact) mass is 312 g/mol. The molecule has 1 aliphatic rings. The second-order valence-corrected chi connectivity index (χ2v) is 7.45. The molecule has 6 heteroatoms. The summed E-state index contributed by atoms with van der Waals surface area (Å²) in [6.07, 6.45) is 1.54. The van der Waals surface area contributed by atoms with Gasteiger partial charge in [-0.3, -0.25) is 0 Å². The summed E-state index contributed by atoms with van der Waals surface area (Å²) in [6, 6.07) is 9.91. The highest BCUT2D eigenvalue weighted by atomic mass is 32.2. The third-order valence-electron chi connectivity index (χ3n) is 3.73. The van der Waals surface area contributed by atoms with E-state index in [1.807, 2.05) is 30.3 Å². The molecule has 0 aromatic heterocycles. The zero-order valence-corrected chi connectivity index (χ0v) is 13.1. The van der Waals surface area contributed by atoms with E-state index >= 15 is 0 Å². The lowest BCUT2D eigenvalue weighted by Gasteiger charge is -2.23. The Morgan fingerprint density at radius 3 is 2.62 bits per heavy atom. The molecule has 1 aliphatic heterocycles. The summed E-state index contributed by atoms with van der Waals surface area (Å²) in [5.74, 6) is 0.286. The summed E-state index contributed by atoms with van der Waals surface area (Å²) in [5.41, 5.74) is 6.71. The van der Waals surface area contributed by atoms with E-state index in [0.717, 1.165) is 12.0 Å². The Labute approximate surface area is 127 Å². The molecule has 1 heterocycles. The van der Waals surface area contributed by atoms with Crippen LogP contribution in [0.2, 0.25) is 0 Å². The van der Waals surface area contributed by atoms with Gasteiger partial charge in [0, 0.05) is 26.2 Å². The summed E-state index contributed by atoms with van der Waals surface area (Å²) in [5, 5.41) is 0. The molecule has 1 aromatic carbocycles. The Kier molecular flexibility index (Phi) is 6.17. The predicted octanol–water partition coefficient (Wildman–Crippen LogP) is 0.856. The SMILES string of the molecule is NCCN(CCc1ccccc1)S(=O)(=O)CC1CCOC1. The van der Waals surface area contributed by atoms with Crippen molar-refractivity contribution >= 4 is 10.0 Å². The highest BCUT2D eigenvalue weighted by Gasteiger charge is 2.27. The van der Waals surface area contributed by atoms with Crippen molar-refractivity contribution in [1.82, 2.24) is 4.31 Å². The first-order chi connectivity index (χ1) is 10.1. The minimum Gasteiger partial charge on any atom is -0.381 e. The van der Waals surface area contributed by atoms with Gasteiger partial charge in [-0.2, -0.15) is 0 Å². The number of hydrogen-bond donors (Lipinski definition) is 1. The van der Waals surface area contributed by atoms with Gasteiger partial charge in [-0.05, 0) is 24.3 Å². The van der Waals surface area contributed by atoms with Crippen LogP contribution in [0.5, 0.6) is 0 Å². The van der Waals surface area contributed by atoms with Crippen molar-refractivity contribution in [3.63, 3.8) is 0 Å². The van der Waals surface area contributed by atoms with Crippen molar-refractivity contribution in [3.8, 4) is 0 Å². The largest absolute Gasteiger partial charge is 0.381 e. The molecule has 0 bridgehead atoms. The van der Waals surface area contributed by atoms with E-state index < -0.39 is 10.0 Å². The summed E-state index contributed by atoms with van der Waals surface area (Å²) in [4.78, 5) is 0. The second kappa shape index (κ2) is 7.89. The van der Waals surface area contributed by atoms with Gasteiger partial charge in [-0.1, -0.05) is 30.3 Å². The van der Waals surface area contributed by atoms with E-state index in [2.05, 4.69) is 0 Å². The number of sulfonamides is 1. The molecule has 0 radical (unpaired) electrons. The molecule has 1 saturated heterocycles. The summed E-state index contributed by atoms with van der Waals surface area (Å²) in [6.45, 7) is 2.42. The van der Waals surface area contributed by atoms with Crippen molar-refractivity contribution in [2.75, 3.05) is 38.6 Å². The first-order valence-electron chi connectivity index (χ1n) is 7.41. The van der Waals surface area contributed by atoms with Crippen LogP contribution in [0.4, 0.5) is 0 Å². The summed E-state index contributed by atoms with van der Waals surface area (Å²) < 4.78 is 31.8. The maximum Gasteiger partial charge on any atom is 0.214 e. The lowest BCUT2D eigenvalue weighted by Crippen LogP contribution is -2.40. The number of hydrogen-bond acceptors (Lipinski definition) is 4. The molecule has 0 aliphatic carbocycles. The average Bonchev–Trinajstić information content (AvgIpc) is 2.96. The quantitative estimate of drug-likeness (QED) is 0.772. The topological polar surface area (TPSA) is 72.6 Å². The smallest absolute Gasteiger partial charge is 0.214 e. The van der Waals surface area contributed by atoms with E-state index in [1.54, 1.807) is 0 Å². The van der Waals surface area contributed by atoms with Crippen LogP contribution in [-0.4, -0.2) is 51.3 Å². The summed E-state index contributed by atoms with van der Waals surface area (Å²) in [7, 11) is -3.26. The molecule has 0 saturated carbocycles. The van der Waals surface area contributed by atoms with E-state index in [-0.39, 0.29) is 11.7 Å². The molecule has 1 fully saturated rings. The Bertz CT molecular complexity index is 513. The van der Waals surface area contributed by atoms with Crippen LogP contribution in [0.15, 0.2) is 30.3 Å². The van der Waals surface area contributed by atoms with Crippen molar-refractivity contribution in [2.45, 2.75) is 12.8 Å². The minimum absolute atomic E-state index is 0.118. The standard InChI is InChI=1S/C15H24N2O3S/c16-8-10-17(9-6-14-4-2-1-3-5-14)21(18,19)13-15-7-11-20-12-15/h1-5,15H,6-13,16H2. The molecule has 1 unspecified atom stereocenters. The number of nitrogens with two attached hydrogens (primary N) is 1. The third kappa shape index (κ3) is 5.07. The van der Waals surface area contributed by atoms with Crippen molar-refractivity contribution in [1.29, 1.82) is 0 Å². The average molecular weight is 312 g/mol. The third-order valence-corrected chi connectivity index (χ3v) is 5.78. The maximum absolute atomic E-state index is 12.5. The van der Waals surface area contributed by atoms with Crippen LogP contribution in [0, 0.1) is 5.92 Å². The number of benzene rings is 1. The van der Waals surface area contributed by atoms with E-state index in [4.69, 9.17) is 10.5 Å². The molecule has 2 rings (SSSR count). The first kappa shape index (κ1) is 16.4. The highest BCUT2D eigenvalue weighted by molar-refractivity contribution is 7.89. The molecule has 5 nitrogen and oxygen atoms in total. The molecular formula is C15H24N2O3S. The first-order valence-corrected chi connectivity index (χ1v) is 9.02. The number of ether oxygens (including phenoxy) is 1. The molecule has 1 atom stereocenters. The fraction of sp³-hybridized carbons (Fsp3) is 0.600. The molecule has 0 amide bonds. The summed E-state index contributed by atoms with van der Waals surface area (Å²) >= 11 is 0. The zero-order chi connectivity index (χ0) is 15.1. The van der Waals surface area contributed by atoms with Crippen LogP contribution < -0.4 is 5.73 Å². The van der Waals surface area contributed by atoms with Gasteiger partial charge in [0.2, 0.25) is 10.0 Å². The van der Waals surface area contributed by atoms with Crippen molar-refractivity contribution in [2.24, 2.45) is 11.7 Å². The van der Waals surface area contributed by atoms with E-state index in [1.165, 1.54) is 4.31 Å². The highest BCUT2D eigenvalue weighted by Crippen LogP contribution is 2.17. The van der Waals surface area contributed by atoms with Gasteiger partial charge in [-0.15, -0.1) is 0 Å². The van der Waals surface area contributed by atoms with Crippen LogP contribution >= 0.6 is 0 Å². The van der Waals surface area contributed by atoms with Crippen LogP contribution in [0.1, 0.15) is 12.0 Å². The van der Waals surface area contributed by atoms with Gasteiger partial charge in [0.1, 0.15) is 0 Å². The molecular weight excluding hydrogens is 288 g/mol. The number of nitrogens with zero attached hydrogens (tertiary/aromatic N) is 1. The zero-order valence-electron chi connectivity index (χ0n) is 12.3. The van der Waals surface area contributed by atoms with Gasteiger partial charge in [0.15, 0.2) is 0 Å². The Balaban J connectivity index is 1.96. The predicted molar refractivity (Wildman–Crippen MR) is 83.5 cm³/mol. The molecule has 21 heavy (non-hydrogen) atoms. The normalized spacial score (nSPS) is 19.2. The van der Waals surface area contributed by atoms with Gasteiger partial charge in [0.25, 0.3) is 0 Å². The Hall–Kier alpha value is -0.950. The van der Waals surface area contributed by atoms with Crippen LogP contribution in [-0.2, 0) is 21.2 Å². The lowest BCUT2D eigenvalue weighted by atomic mass is 10.1.